The number of thiazole rings is 1. The molecule has 24 heavy (non-hydrogen) atoms. The Hall–Kier alpha value is -2.46. The van der Waals surface area contributed by atoms with Gasteiger partial charge < -0.3 is 11.5 Å². The van der Waals surface area contributed by atoms with Gasteiger partial charge in [-0.25, -0.2) is 4.98 Å². The number of hydrogen-bond acceptors (Lipinski definition) is 7. The lowest BCUT2D eigenvalue weighted by Gasteiger charge is -2.03. The number of primary amides is 2. The fraction of sp³-hybridized carbons (Fsp3) is 0.214. The number of nitro benzene ring substituents is 1. The van der Waals surface area contributed by atoms with Crippen molar-refractivity contribution in [2.75, 3.05) is 0 Å². The zero-order valence-electron chi connectivity index (χ0n) is 12.6. The van der Waals surface area contributed by atoms with Crippen molar-refractivity contribution in [1.82, 2.24) is 4.98 Å². The summed E-state index contributed by atoms with van der Waals surface area (Å²) in [5.74, 6) is -0.849. The van der Waals surface area contributed by atoms with Gasteiger partial charge in [-0.15, -0.1) is 11.3 Å². The predicted molar refractivity (Wildman–Crippen MR) is 90.9 cm³/mol. The van der Waals surface area contributed by atoms with Crippen LogP contribution in [-0.2, 0) is 17.0 Å². The smallest absolute Gasteiger partial charge is 0.274 e. The van der Waals surface area contributed by atoms with Crippen molar-refractivity contribution in [3.63, 3.8) is 0 Å². The Kier molecular flexibility index (Phi) is 5.52. The molecule has 0 bridgehead atoms. The van der Waals surface area contributed by atoms with Gasteiger partial charge in [-0.2, -0.15) is 0 Å². The molecule has 2 amide bonds. The van der Waals surface area contributed by atoms with Crippen molar-refractivity contribution >= 4 is 40.6 Å². The van der Waals surface area contributed by atoms with E-state index >= 15 is 0 Å². The Morgan fingerprint density at radius 3 is 2.67 bits per heavy atom. The van der Waals surface area contributed by atoms with Gasteiger partial charge in [0.1, 0.15) is 0 Å². The summed E-state index contributed by atoms with van der Waals surface area (Å²) < 4.78 is 0.692. The number of benzene rings is 1. The Balaban J connectivity index is 2.18. The number of aromatic nitrogens is 1. The van der Waals surface area contributed by atoms with E-state index in [1.807, 2.05) is 0 Å². The summed E-state index contributed by atoms with van der Waals surface area (Å²) in [6.07, 6.45) is 0.123. The molecule has 1 aromatic carbocycles. The van der Waals surface area contributed by atoms with Crippen LogP contribution in [0.5, 0.6) is 0 Å². The summed E-state index contributed by atoms with van der Waals surface area (Å²) in [5.41, 5.74) is 11.4. The van der Waals surface area contributed by atoms with Crippen molar-refractivity contribution in [2.45, 2.75) is 23.4 Å². The standard InChI is InChI=1S/C14H14N4O4S2/c1-7-11(5-12(15)19)24-14(17-7)23-6-9-3-2-8(13(16)20)4-10(9)18(21)22/h2-4H,5-6H2,1H3,(H2,15,19)(H2,16,20). The molecule has 1 aromatic heterocycles. The van der Waals surface area contributed by atoms with E-state index < -0.39 is 16.7 Å². The number of nitrogens with two attached hydrogens (primary N) is 2. The molecule has 0 aliphatic rings. The number of carbonyl (C=O) groups is 2. The van der Waals surface area contributed by atoms with Crippen LogP contribution in [-0.4, -0.2) is 21.7 Å². The molecule has 0 atom stereocenters. The molecular weight excluding hydrogens is 352 g/mol. The van der Waals surface area contributed by atoms with E-state index in [4.69, 9.17) is 11.5 Å². The van der Waals surface area contributed by atoms with Crippen LogP contribution in [0.15, 0.2) is 22.5 Å². The van der Waals surface area contributed by atoms with Gasteiger partial charge in [-0.1, -0.05) is 17.8 Å². The number of amides is 2. The van der Waals surface area contributed by atoms with E-state index in [0.717, 1.165) is 10.6 Å². The third kappa shape index (κ3) is 4.30. The van der Waals surface area contributed by atoms with Crippen LogP contribution in [0.2, 0.25) is 0 Å². The second-order valence-electron chi connectivity index (χ2n) is 4.88. The van der Waals surface area contributed by atoms with Gasteiger partial charge in [-0.05, 0) is 13.0 Å². The topological polar surface area (TPSA) is 142 Å². The highest BCUT2D eigenvalue weighted by Gasteiger charge is 2.18. The number of carbonyl (C=O) groups excluding carboxylic acids is 2. The number of nitrogens with zero attached hydrogens (tertiary/aromatic N) is 2. The average Bonchev–Trinajstić information content (AvgIpc) is 2.84. The molecule has 126 valence electrons. The second-order valence-corrected chi connectivity index (χ2v) is 7.19. The van der Waals surface area contributed by atoms with Crippen molar-refractivity contribution in [2.24, 2.45) is 11.5 Å². The largest absolute Gasteiger partial charge is 0.369 e. The van der Waals surface area contributed by atoms with Gasteiger partial charge >= 0.3 is 0 Å². The molecule has 0 radical (unpaired) electrons. The summed E-state index contributed by atoms with van der Waals surface area (Å²) in [6.45, 7) is 1.78. The van der Waals surface area contributed by atoms with Crippen LogP contribution >= 0.6 is 23.1 Å². The van der Waals surface area contributed by atoms with Crippen LogP contribution in [0.3, 0.4) is 0 Å². The molecule has 2 aromatic rings. The highest BCUT2D eigenvalue weighted by atomic mass is 32.2. The number of thioether (sulfide) groups is 1. The third-order valence-corrected chi connectivity index (χ3v) is 5.47. The molecule has 1 heterocycles. The Labute approximate surface area is 145 Å². The maximum absolute atomic E-state index is 11.2. The Morgan fingerprint density at radius 1 is 1.38 bits per heavy atom. The number of aryl methyl sites for hydroxylation is 1. The molecule has 0 spiro atoms. The van der Waals surface area contributed by atoms with Gasteiger partial charge in [0.05, 0.1) is 17.0 Å². The zero-order valence-corrected chi connectivity index (χ0v) is 14.3. The maximum Gasteiger partial charge on any atom is 0.274 e. The van der Waals surface area contributed by atoms with E-state index in [-0.39, 0.29) is 17.7 Å². The molecule has 0 fully saturated rings. The van der Waals surface area contributed by atoms with Crippen LogP contribution in [0.25, 0.3) is 0 Å². The lowest BCUT2D eigenvalue weighted by atomic mass is 10.1. The third-order valence-electron chi connectivity index (χ3n) is 3.13. The van der Waals surface area contributed by atoms with E-state index in [1.54, 1.807) is 6.92 Å². The van der Waals surface area contributed by atoms with Gasteiger partial charge in [0.15, 0.2) is 4.34 Å². The molecule has 10 heteroatoms. The Bertz CT molecular complexity index is 819. The monoisotopic (exact) mass is 366 g/mol. The number of nitro groups is 1. The fourth-order valence-corrected chi connectivity index (χ4v) is 4.17. The van der Waals surface area contributed by atoms with E-state index in [0.29, 0.717) is 15.7 Å². The van der Waals surface area contributed by atoms with Crippen LogP contribution in [0.4, 0.5) is 5.69 Å². The van der Waals surface area contributed by atoms with Gasteiger partial charge in [0.2, 0.25) is 11.8 Å². The Morgan fingerprint density at radius 2 is 2.08 bits per heavy atom. The molecule has 8 nitrogen and oxygen atoms in total. The first kappa shape index (κ1) is 17.9. The van der Waals surface area contributed by atoms with Gasteiger partial charge in [-0.3, -0.25) is 19.7 Å². The van der Waals surface area contributed by atoms with Crippen molar-refractivity contribution in [1.29, 1.82) is 0 Å². The van der Waals surface area contributed by atoms with E-state index in [2.05, 4.69) is 4.98 Å². The fourth-order valence-electron chi connectivity index (χ4n) is 1.93. The predicted octanol–water partition coefficient (Wildman–Crippen LogP) is 1.78. The molecule has 2 rings (SSSR count). The van der Waals surface area contributed by atoms with E-state index in [9.17, 15) is 19.7 Å². The van der Waals surface area contributed by atoms with Crippen molar-refractivity contribution in [3.05, 3.63) is 50.0 Å². The number of rotatable bonds is 7. The summed E-state index contributed by atoms with van der Waals surface area (Å²) in [5, 5.41) is 11.2. The minimum absolute atomic E-state index is 0.0873. The minimum atomic E-state index is -0.719. The molecular formula is C14H14N4O4S2. The second kappa shape index (κ2) is 7.41. The minimum Gasteiger partial charge on any atom is -0.369 e. The molecule has 0 saturated heterocycles. The van der Waals surface area contributed by atoms with Crippen LogP contribution in [0, 0.1) is 17.0 Å². The van der Waals surface area contributed by atoms with Gasteiger partial charge in [0, 0.05) is 27.8 Å². The lowest BCUT2D eigenvalue weighted by molar-refractivity contribution is -0.385. The van der Waals surface area contributed by atoms with Crippen LogP contribution in [0.1, 0.15) is 26.5 Å². The summed E-state index contributed by atoms with van der Waals surface area (Å²) in [4.78, 5) is 37.9. The zero-order chi connectivity index (χ0) is 17.9. The molecule has 0 saturated carbocycles. The quantitative estimate of drug-likeness (QED) is 0.434. The van der Waals surface area contributed by atoms with Crippen molar-refractivity contribution < 1.29 is 14.5 Å². The SMILES string of the molecule is Cc1nc(SCc2ccc(C(N)=O)cc2[N+](=O)[O-])sc1CC(N)=O. The summed E-state index contributed by atoms with van der Waals surface area (Å²) >= 11 is 2.65. The van der Waals surface area contributed by atoms with Crippen LogP contribution < -0.4 is 11.5 Å². The molecule has 0 aliphatic heterocycles. The maximum atomic E-state index is 11.2. The molecule has 0 aliphatic carbocycles. The van der Waals surface area contributed by atoms with Crippen molar-refractivity contribution in [3.8, 4) is 0 Å². The highest BCUT2D eigenvalue weighted by molar-refractivity contribution is 8.00. The first-order valence-electron chi connectivity index (χ1n) is 6.72. The van der Waals surface area contributed by atoms with Gasteiger partial charge in [0.25, 0.3) is 5.69 Å². The number of hydrogen-bond donors (Lipinski definition) is 2. The molecule has 4 N–H and O–H groups in total. The normalized spacial score (nSPS) is 10.5. The summed E-state index contributed by atoms with van der Waals surface area (Å²) in [6, 6.07) is 4.14. The average molecular weight is 366 g/mol. The lowest BCUT2D eigenvalue weighted by Crippen LogP contribution is -2.13. The first-order valence-corrected chi connectivity index (χ1v) is 8.52. The molecule has 0 unspecified atom stereocenters. The summed E-state index contributed by atoms with van der Waals surface area (Å²) in [7, 11) is 0. The first-order chi connectivity index (χ1) is 11.3. The highest BCUT2D eigenvalue weighted by Crippen LogP contribution is 2.32. The van der Waals surface area contributed by atoms with E-state index in [1.165, 1.54) is 41.3 Å².